The highest BCUT2D eigenvalue weighted by molar-refractivity contribution is 7.84. The maximum absolute atomic E-state index is 12.4. The highest BCUT2D eigenvalue weighted by Gasteiger charge is 2.46. The van der Waals surface area contributed by atoms with E-state index in [-0.39, 0.29) is 0 Å². The van der Waals surface area contributed by atoms with Crippen LogP contribution < -0.4 is 37.2 Å². The van der Waals surface area contributed by atoms with Crippen molar-refractivity contribution in [2.45, 2.75) is 49.1 Å². The molecule has 0 amide bonds. The van der Waals surface area contributed by atoms with Crippen molar-refractivity contribution in [3.63, 3.8) is 0 Å². The molecule has 4 unspecified atom stereocenters. The predicted octanol–water partition coefficient (Wildman–Crippen LogP) is -5.91. The van der Waals surface area contributed by atoms with Crippen molar-refractivity contribution in [3.8, 4) is 0 Å². The Hall–Kier alpha value is -2.22. The number of aromatic nitrogens is 4. The molecule has 273 valence electrons. The van der Waals surface area contributed by atoms with Crippen LogP contribution in [0.1, 0.15) is 12.5 Å². The Morgan fingerprint density at radius 1 is 0.673 bits per heavy atom. The Labute approximate surface area is 271 Å². The zero-order valence-corrected chi connectivity index (χ0v) is 27.3. The highest BCUT2D eigenvalue weighted by Crippen LogP contribution is 2.67. The number of rotatable bonds is 14. The Kier molecular flexibility index (Phi) is 11.9. The molecule has 31 heteroatoms. The normalized spacial score (nSPS) is 32.2. The topological polar surface area (TPSA) is 393 Å². The quantitative estimate of drug-likeness (QED) is 0.0767. The van der Waals surface area contributed by atoms with E-state index in [0.29, 0.717) is 9.13 Å². The Morgan fingerprint density at radius 2 is 1.06 bits per heavy atom. The molecule has 4 rings (SSSR count). The lowest BCUT2D eigenvalue weighted by Gasteiger charge is -2.38. The fourth-order valence-corrected chi connectivity index (χ4v) is 9.16. The van der Waals surface area contributed by atoms with Gasteiger partial charge in [0.05, 0.1) is 20.7 Å². The van der Waals surface area contributed by atoms with E-state index < -0.39 is 116 Å². The van der Waals surface area contributed by atoms with Crippen molar-refractivity contribution in [1.29, 1.82) is 0 Å². The van der Waals surface area contributed by atoms with Gasteiger partial charge in [-0.15, -0.1) is 0 Å². The van der Waals surface area contributed by atoms with E-state index in [2.05, 4.69) is 22.0 Å². The number of aromatic amines is 2. The van der Waals surface area contributed by atoms with Crippen LogP contribution in [0.25, 0.3) is 0 Å². The maximum Gasteiger partial charge on any atom is 0.330 e. The van der Waals surface area contributed by atoms with Gasteiger partial charge in [0.15, 0.2) is 12.5 Å². The Balaban J connectivity index is 1.31. The molecule has 6 N–H and O–H groups in total. The van der Waals surface area contributed by atoms with Gasteiger partial charge in [-0.3, -0.25) is 46.7 Å². The number of aliphatic hydroxyl groups is 4. The first-order valence-electron chi connectivity index (χ1n) is 12.9. The summed E-state index contributed by atoms with van der Waals surface area (Å²) in [6.45, 7) is -2.44. The van der Waals surface area contributed by atoms with Gasteiger partial charge in [0.1, 0.15) is 36.6 Å². The molecule has 2 aromatic rings. The largest absolute Gasteiger partial charge is 0.756 e. The van der Waals surface area contributed by atoms with Gasteiger partial charge in [-0.25, -0.2) is 18.2 Å². The molecule has 2 aromatic heterocycles. The van der Waals surface area contributed by atoms with Gasteiger partial charge in [0.25, 0.3) is 34.6 Å². The van der Waals surface area contributed by atoms with E-state index in [1.54, 1.807) is 0 Å². The summed E-state index contributed by atoms with van der Waals surface area (Å²) in [6.07, 6.45) is -12.7. The molecule has 0 saturated carbocycles. The number of phosphoric acid groups is 3. The summed E-state index contributed by atoms with van der Waals surface area (Å²) in [4.78, 5) is 86.2. The zero-order valence-electron chi connectivity index (χ0n) is 23.7. The molecule has 12 atom stereocenters. The van der Waals surface area contributed by atoms with Gasteiger partial charge < -0.3 is 65.8 Å². The van der Waals surface area contributed by atoms with Crippen LogP contribution in [0.2, 0.25) is 0 Å². The molecule has 0 spiro atoms. The van der Waals surface area contributed by atoms with Gasteiger partial charge in [-0.05, 0) is 0 Å². The first kappa shape index (κ1) is 39.6. The fourth-order valence-electron chi connectivity index (χ4n) is 4.25. The van der Waals surface area contributed by atoms with Crippen molar-refractivity contribution in [2.24, 2.45) is 0 Å². The number of hydrogen-bond acceptors (Lipinski definition) is 22. The molecule has 2 saturated heterocycles. The van der Waals surface area contributed by atoms with E-state index in [9.17, 15) is 72.5 Å². The van der Waals surface area contributed by atoms with Crippen molar-refractivity contribution in [3.05, 3.63) is 66.2 Å². The van der Waals surface area contributed by atoms with Crippen molar-refractivity contribution < 1.29 is 84.8 Å². The van der Waals surface area contributed by atoms with E-state index in [1.165, 1.54) is 0 Å². The lowest BCUT2D eigenvalue weighted by atomic mass is 10.1. The van der Waals surface area contributed by atoms with Crippen LogP contribution in [0.3, 0.4) is 0 Å². The molecule has 4 heterocycles. The summed E-state index contributed by atoms with van der Waals surface area (Å²) in [6, 6.07) is 1.72. The molecule has 0 bridgehead atoms. The van der Waals surface area contributed by atoms with Gasteiger partial charge in [-0.2, -0.15) is 0 Å². The molecular formula is C18H22BN4O22P4-4. The minimum Gasteiger partial charge on any atom is -0.756 e. The van der Waals surface area contributed by atoms with Crippen LogP contribution in [-0.2, 0) is 49.7 Å². The van der Waals surface area contributed by atoms with Crippen LogP contribution in [0.4, 0.5) is 0 Å². The van der Waals surface area contributed by atoms with E-state index >= 15 is 0 Å². The Morgan fingerprint density at radius 3 is 1.49 bits per heavy atom. The summed E-state index contributed by atoms with van der Waals surface area (Å²) in [7, 11) is -19.5. The number of aliphatic hydroxyl groups excluding tert-OH is 4. The van der Waals surface area contributed by atoms with Gasteiger partial charge in [0, 0.05) is 24.5 Å². The third-order valence-electron chi connectivity index (χ3n) is 6.35. The van der Waals surface area contributed by atoms with E-state index in [1.807, 2.05) is 9.97 Å². The lowest BCUT2D eigenvalue weighted by molar-refractivity contribution is -0.249. The third-order valence-corrected chi connectivity index (χ3v) is 12.2. The van der Waals surface area contributed by atoms with Crippen LogP contribution in [0, 0.1) is 0 Å². The molecule has 2 fully saturated rings. The number of hydrogen-bond donors (Lipinski definition) is 6. The second kappa shape index (κ2) is 14.8. The van der Waals surface area contributed by atoms with E-state index in [4.69, 9.17) is 17.0 Å². The number of ether oxygens (including phenoxy) is 2. The van der Waals surface area contributed by atoms with Crippen LogP contribution in [-0.4, -0.2) is 96.9 Å². The zero-order chi connectivity index (χ0) is 36.7. The lowest BCUT2D eigenvalue weighted by Crippen LogP contribution is -2.37. The first-order chi connectivity index (χ1) is 22.5. The molecule has 49 heavy (non-hydrogen) atoms. The number of nitrogens with zero attached hydrogens (tertiary/aromatic N) is 2. The Bertz CT molecular complexity index is 1830. The van der Waals surface area contributed by atoms with Crippen LogP contribution in [0.15, 0.2) is 43.7 Å². The predicted molar refractivity (Wildman–Crippen MR) is 146 cm³/mol. The smallest absolute Gasteiger partial charge is 0.330 e. The summed E-state index contributed by atoms with van der Waals surface area (Å²) < 4.78 is 79.9. The van der Waals surface area contributed by atoms with E-state index in [0.717, 1.165) is 24.5 Å². The molecule has 0 aromatic carbocycles. The minimum atomic E-state index is -6.56. The monoisotopic (exact) mass is 781 g/mol. The summed E-state index contributed by atoms with van der Waals surface area (Å²) in [5.74, 6) is 0. The standard InChI is InChI=1S/C18H25BN4O22P4/c19-46(32,39-5-7-11(26)13(28)15(41-7)22-3-1-9(24)20-17(22)30)43-48(35,36)45-49(37,38)44-47(33,34)40-6-8-12(27)14(29)16(42-8)23-4-2-10(25)21-18(23)31/h1-4,7-8,11-16,26-29H,5-6H2,(H,33,34)(H,35,36)(H,37,38)(H,20,24,30)(H,21,25,31)/q-1/p-3/t7-,8-,11-,12-,13-,14-,15-,16-,46?/m1/s1. The molecule has 2 aliphatic rings. The molecule has 3 radical (unpaired) electrons. The van der Waals surface area contributed by atoms with Gasteiger partial charge in [0.2, 0.25) is 0 Å². The second-order valence-corrected chi connectivity index (χ2v) is 16.1. The third kappa shape index (κ3) is 9.98. The number of H-pyrrole nitrogens is 2. The van der Waals surface area contributed by atoms with Crippen molar-refractivity contribution >= 4 is 38.5 Å². The van der Waals surface area contributed by atoms with Crippen LogP contribution in [0.5, 0.6) is 0 Å². The fraction of sp³-hybridized carbons (Fsp3) is 0.556. The summed E-state index contributed by atoms with van der Waals surface area (Å²) in [5.41, 5.74) is -3.80. The molecule has 26 nitrogen and oxygen atoms in total. The molecule has 0 aliphatic carbocycles. The molecule has 2 aliphatic heterocycles. The van der Waals surface area contributed by atoms with Crippen molar-refractivity contribution in [1.82, 2.24) is 19.1 Å². The molecular weight excluding hydrogens is 759 g/mol. The second-order valence-electron chi connectivity index (χ2n) is 9.85. The van der Waals surface area contributed by atoms with Crippen molar-refractivity contribution in [2.75, 3.05) is 13.2 Å². The summed E-state index contributed by atoms with van der Waals surface area (Å²) >= 11 is 0. The minimum absolute atomic E-state index is 0.619. The first-order valence-corrected chi connectivity index (χ1v) is 18.9. The van der Waals surface area contributed by atoms with Crippen LogP contribution >= 0.6 is 30.9 Å². The maximum atomic E-state index is 12.4. The number of phosphoric ester groups is 1. The van der Waals surface area contributed by atoms with Gasteiger partial charge >= 0.3 is 11.4 Å². The number of nitrogens with one attached hydrogen (secondary N) is 2. The average molecular weight is 781 g/mol. The summed E-state index contributed by atoms with van der Waals surface area (Å²) in [5, 5.41) is 40.7. The SMILES string of the molecule is [B-]P(=O)(OC[C@H]1O[C@@H](n2ccc(=O)[nH]c2=O)[C@H](O)[C@@H]1O)OP(=O)([O-])OP(=O)([O-])OP(=O)([O-])OC[C@H]1O[C@@H](n2ccc(=O)[nH]c2=O)[C@H](O)[C@@H]1O. The van der Waals surface area contributed by atoms with Gasteiger partial charge in [-0.1, -0.05) is 0 Å². The average Bonchev–Trinajstić information content (AvgIpc) is 3.38. The highest BCUT2D eigenvalue weighted by atomic mass is 31.3.